The van der Waals surface area contributed by atoms with Crippen molar-refractivity contribution in [3.8, 4) is 0 Å². The quantitative estimate of drug-likeness (QED) is 0.843. The van der Waals surface area contributed by atoms with Gasteiger partial charge in [-0.25, -0.2) is 9.07 Å². The number of aromatic nitrogens is 3. The van der Waals surface area contributed by atoms with Crippen LogP contribution >= 0.6 is 11.8 Å². The van der Waals surface area contributed by atoms with Gasteiger partial charge in [0.1, 0.15) is 5.82 Å². The summed E-state index contributed by atoms with van der Waals surface area (Å²) >= 11 is 1.59. The molecule has 0 aliphatic carbocycles. The molecule has 0 aliphatic heterocycles. The number of nitrogens with two attached hydrogens (primary N) is 1. The summed E-state index contributed by atoms with van der Waals surface area (Å²) in [6.45, 7) is 2.75. The summed E-state index contributed by atoms with van der Waals surface area (Å²) < 4.78 is 14.5. The van der Waals surface area contributed by atoms with Crippen molar-refractivity contribution in [1.29, 1.82) is 0 Å². The van der Waals surface area contributed by atoms with E-state index in [0.29, 0.717) is 5.75 Å². The summed E-state index contributed by atoms with van der Waals surface area (Å²) in [4.78, 5) is 1.00. The zero-order valence-corrected chi connectivity index (χ0v) is 10.9. The second-order valence-electron chi connectivity index (χ2n) is 3.85. The fourth-order valence-electron chi connectivity index (χ4n) is 1.60. The highest BCUT2D eigenvalue weighted by molar-refractivity contribution is 7.99. The van der Waals surface area contributed by atoms with Gasteiger partial charge in [-0.1, -0.05) is 5.21 Å². The number of aryl methyl sites for hydroxylation is 1. The van der Waals surface area contributed by atoms with E-state index < -0.39 is 0 Å². The van der Waals surface area contributed by atoms with E-state index in [2.05, 4.69) is 10.3 Å². The fraction of sp³-hybridized carbons (Fsp3) is 0.333. The first-order chi connectivity index (χ1) is 8.70. The molecule has 96 valence electrons. The van der Waals surface area contributed by atoms with Gasteiger partial charge in [0, 0.05) is 17.2 Å². The molecule has 0 fully saturated rings. The van der Waals surface area contributed by atoms with Crippen molar-refractivity contribution in [2.24, 2.45) is 5.73 Å². The molecule has 0 spiro atoms. The van der Waals surface area contributed by atoms with Gasteiger partial charge in [0.25, 0.3) is 0 Å². The van der Waals surface area contributed by atoms with Gasteiger partial charge >= 0.3 is 0 Å². The fourth-order valence-corrected chi connectivity index (χ4v) is 2.47. The number of thioether (sulfide) groups is 1. The van der Waals surface area contributed by atoms with Crippen molar-refractivity contribution in [3.63, 3.8) is 0 Å². The summed E-state index contributed by atoms with van der Waals surface area (Å²) in [7, 11) is 0. The Bertz CT molecular complexity index is 497. The molecule has 0 bridgehead atoms. The molecule has 1 aromatic heterocycles. The Morgan fingerprint density at radius 2 is 2.11 bits per heavy atom. The summed E-state index contributed by atoms with van der Waals surface area (Å²) in [5.41, 5.74) is 7.02. The van der Waals surface area contributed by atoms with Crippen molar-refractivity contribution in [2.75, 3.05) is 5.75 Å². The highest BCUT2D eigenvalue weighted by Gasteiger charge is 2.12. The average molecular weight is 266 g/mol. The molecule has 2 N–H and O–H groups in total. The van der Waals surface area contributed by atoms with Crippen LogP contribution in [0.4, 0.5) is 4.39 Å². The Morgan fingerprint density at radius 3 is 2.78 bits per heavy atom. The molecule has 0 saturated heterocycles. The van der Waals surface area contributed by atoms with Crippen LogP contribution in [-0.4, -0.2) is 20.7 Å². The van der Waals surface area contributed by atoms with E-state index in [4.69, 9.17) is 5.73 Å². The topological polar surface area (TPSA) is 56.7 Å². The molecule has 2 rings (SSSR count). The molecule has 0 aliphatic rings. The van der Waals surface area contributed by atoms with E-state index in [0.717, 1.165) is 17.1 Å². The van der Waals surface area contributed by atoms with Gasteiger partial charge < -0.3 is 5.73 Å². The zero-order chi connectivity index (χ0) is 13.0. The van der Waals surface area contributed by atoms with Crippen LogP contribution in [-0.2, 0) is 6.54 Å². The van der Waals surface area contributed by atoms with Gasteiger partial charge in [0.05, 0.1) is 17.9 Å². The predicted molar refractivity (Wildman–Crippen MR) is 69.7 cm³/mol. The Kier molecular flexibility index (Phi) is 4.33. The van der Waals surface area contributed by atoms with Crippen LogP contribution < -0.4 is 5.73 Å². The molecule has 0 saturated carbocycles. The smallest absolute Gasteiger partial charge is 0.123 e. The number of hydrogen-bond donors (Lipinski definition) is 1. The molecule has 0 amide bonds. The van der Waals surface area contributed by atoms with Crippen molar-refractivity contribution in [1.82, 2.24) is 15.0 Å². The van der Waals surface area contributed by atoms with Crippen LogP contribution in [0.3, 0.4) is 0 Å². The molecular formula is C12H15FN4S. The first-order valence-electron chi connectivity index (χ1n) is 5.73. The minimum absolute atomic E-state index is 0.130. The molecule has 1 heterocycles. The van der Waals surface area contributed by atoms with Gasteiger partial charge in [0.2, 0.25) is 0 Å². The maximum Gasteiger partial charge on any atom is 0.123 e. The van der Waals surface area contributed by atoms with Crippen LogP contribution in [0.1, 0.15) is 18.7 Å². The predicted octanol–water partition coefficient (Wildman–Crippen LogP) is 2.23. The van der Waals surface area contributed by atoms with E-state index >= 15 is 0 Å². The molecular weight excluding hydrogens is 251 g/mol. The van der Waals surface area contributed by atoms with E-state index in [-0.39, 0.29) is 11.9 Å². The van der Waals surface area contributed by atoms with Crippen molar-refractivity contribution in [2.45, 2.75) is 24.4 Å². The van der Waals surface area contributed by atoms with Crippen LogP contribution in [0.25, 0.3) is 0 Å². The Hall–Kier alpha value is -1.40. The molecule has 4 nitrogen and oxygen atoms in total. The standard InChI is InChI=1S/C12H15FN4S/c1-2-17-12(7-15-16-17)11(14)8-18-10-5-3-9(13)4-6-10/h3-7,11H,2,8,14H2,1H3. The summed E-state index contributed by atoms with van der Waals surface area (Å²) in [5, 5.41) is 7.80. The lowest BCUT2D eigenvalue weighted by atomic mass is 10.3. The molecule has 18 heavy (non-hydrogen) atoms. The summed E-state index contributed by atoms with van der Waals surface area (Å²) in [6, 6.07) is 6.27. The zero-order valence-electron chi connectivity index (χ0n) is 10.1. The lowest BCUT2D eigenvalue weighted by Gasteiger charge is -2.11. The molecule has 1 aromatic carbocycles. The van der Waals surface area contributed by atoms with Gasteiger partial charge in [-0.05, 0) is 31.2 Å². The Balaban J connectivity index is 1.96. The van der Waals surface area contributed by atoms with Crippen molar-refractivity contribution < 1.29 is 4.39 Å². The van der Waals surface area contributed by atoms with Crippen molar-refractivity contribution in [3.05, 3.63) is 42.0 Å². The van der Waals surface area contributed by atoms with Gasteiger partial charge in [-0.3, -0.25) is 0 Å². The first kappa shape index (κ1) is 13.0. The second kappa shape index (κ2) is 5.97. The van der Waals surface area contributed by atoms with Crippen LogP contribution in [0.2, 0.25) is 0 Å². The van der Waals surface area contributed by atoms with Gasteiger partial charge in [-0.2, -0.15) is 0 Å². The molecule has 1 unspecified atom stereocenters. The second-order valence-corrected chi connectivity index (χ2v) is 4.94. The maximum atomic E-state index is 12.8. The van der Waals surface area contributed by atoms with Gasteiger partial charge in [0.15, 0.2) is 0 Å². The van der Waals surface area contributed by atoms with E-state index in [1.54, 1.807) is 34.8 Å². The first-order valence-corrected chi connectivity index (χ1v) is 6.71. The summed E-state index contributed by atoms with van der Waals surface area (Å²) in [6.07, 6.45) is 1.69. The number of rotatable bonds is 5. The van der Waals surface area contributed by atoms with Gasteiger partial charge in [-0.15, -0.1) is 16.9 Å². The number of halogens is 1. The third-order valence-electron chi connectivity index (χ3n) is 2.57. The molecule has 1 atom stereocenters. The monoisotopic (exact) mass is 266 g/mol. The molecule has 6 heteroatoms. The van der Waals surface area contributed by atoms with Crippen molar-refractivity contribution >= 4 is 11.8 Å². The van der Waals surface area contributed by atoms with Crippen LogP contribution in [0.5, 0.6) is 0 Å². The molecule has 2 aromatic rings. The number of nitrogens with zero attached hydrogens (tertiary/aromatic N) is 3. The average Bonchev–Trinajstić information content (AvgIpc) is 2.86. The Labute approximate surface area is 109 Å². The van der Waals surface area contributed by atoms with E-state index in [1.807, 2.05) is 6.92 Å². The maximum absolute atomic E-state index is 12.8. The van der Waals surface area contributed by atoms with E-state index in [1.165, 1.54) is 12.1 Å². The van der Waals surface area contributed by atoms with Crippen LogP contribution in [0, 0.1) is 5.82 Å². The number of benzene rings is 1. The largest absolute Gasteiger partial charge is 0.322 e. The normalized spacial score (nSPS) is 12.6. The van der Waals surface area contributed by atoms with Crippen LogP contribution in [0.15, 0.2) is 35.4 Å². The highest BCUT2D eigenvalue weighted by Crippen LogP contribution is 2.23. The minimum Gasteiger partial charge on any atom is -0.322 e. The SMILES string of the molecule is CCn1nncc1C(N)CSc1ccc(F)cc1. The summed E-state index contributed by atoms with van der Waals surface area (Å²) in [5.74, 6) is 0.482. The highest BCUT2D eigenvalue weighted by atomic mass is 32.2. The lowest BCUT2D eigenvalue weighted by Crippen LogP contribution is -2.18. The van der Waals surface area contributed by atoms with E-state index in [9.17, 15) is 4.39 Å². The third kappa shape index (κ3) is 3.08. The lowest BCUT2D eigenvalue weighted by molar-refractivity contribution is 0.575. The third-order valence-corrected chi connectivity index (χ3v) is 3.70. The number of hydrogen-bond acceptors (Lipinski definition) is 4. The molecule has 0 radical (unpaired) electrons. The minimum atomic E-state index is -0.225. The Morgan fingerprint density at radius 1 is 1.39 bits per heavy atom.